The number of thioether (sulfide) groups is 1. The number of rotatable bonds is 7. The second-order valence-electron chi connectivity index (χ2n) is 6.31. The van der Waals surface area contributed by atoms with Crippen LogP contribution in [0.25, 0.3) is 5.69 Å². The highest BCUT2D eigenvalue weighted by atomic mass is 35.5. The predicted octanol–water partition coefficient (Wildman–Crippen LogP) is 4.03. The zero-order valence-electron chi connectivity index (χ0n) is 16.1. The van der Waals surface area contributed by atoms with Crippen molar-refractivity contribution < 1.29 is 18.7 Å². The lowest BCUT2D eigenvalue weighted by atomic mass is 10.2. The number of aromatic nitrogens is 3. The van der Waals surface area contributed by atoms with Gasteiger partial charge < -0.3 is 10.1 Å². The number of anilines is 1. The molecule has 3 aromatic rings. The van der Waals surface area contributed by atoms with E-state index >= 15 is 0 Å². The standard InChI is InChI=1S/C20H18ClFN4O3S/c1-12-7-8-14(9-15(12)21)26-11-23-25-20(26)30-10-18(27)29-13(2)19(28)24-17-6-4-3-5-16(17)22/h3-9,11,13H,10H2,1-2H3,(H,24,28). The Labute approximate surface area is 181 Å². The Hall–Kier alpha value is -2.91. The minimum absolute atomic E-state index is 0.0182. The van der Waals surface area contributed by atoms with E-state index in [1.54, 1.807) is 16.7 Å². The molecule has 10 heteroatoms. The number of carbonyl (C=O) groups excluding carboxylic acids is 2. The quantitative estimate of drug-likeness (QED) is 0.434. The monoisotopic (exact) mass is 448 g/mol. The molecule has 1 heterocycles. The van der Waals surface area contributed by atoms with E-state index in [-0.39, 0.29) is 11.4 Å². The molecule has 1 aromatic heterocycles. The maximum atomic E-state index is 13.6. The van der Waals surface area contributed by atoms with Crippen LogP contribution in [0.4, 0.5) is 10.1 Å². The molecular formula is C20H18ClFN4O3S. The second-order valence-corrected chi connectivity index (χ2v) is 7.66. The topological polar surface area (TPSA) is 86.1 Å². The molecule has 1 atom stereocenters. The first kappa shape index (κ1) is 21.8. The number of esters is 1. The maximum Gasteiger partial charge on any atom is 0.317 e. The second kappa shape index (κ2) is 9.73. The molecule has 30 heavy (non-hydrogen) atoms. The van der Waals surface area contributed by atoms with Crippen molar-refractivity contribution >= 4 is 40.9 Å². The number of para-hydroxylation sites is 1. The number of benzene rings is 2. The molecule has 1 N–H and O–H groups in total. The summed E-state index contributed by atoms with van der Waals surface area (Å²) in [4.78, 5) is 24.3. The lowest BCUT2D eigenvalue weighted by molar-refractivity contribution is -0.150. The van der Waals surface area contributed by atoms with Crippen LogP contribution in [0, 0.1) is 12.7 Å². The molecule has 0 spiro atoms. The summed E-state index contributed by atoms with van der Waals surface area (Å²) in [7, 11) is 0. The van der Waals surface area contributed by atoms with Crippen molar-refractivity contribution in [1.29, 1.82) is 0 Å². The number of hydrogen-bond acceptors (Lipinski definition) is 6. The molecule has 0 saturated carbocycles. The van der Waals surface area contributed by atoms with Crippen molar-refractivity contribution in [3.63, 3.8) is 0 Å². The van der Waals surface area contributed by atoms with E-state index in [0.29, 0.717) is 10.2 Å². The Kier molecular flexibility index (Phi) is 7.07. The number of amides is 1. The fourth-order valence-corrected chi connectivity index (χ4v) is 3.32. The van der Waals surface area contributed by atoms with Gasteiger partial charge in [0.15, 0.2) is 11.3 Å². The molecular weight excluding hydrogens is 431 g/mol. The highest BCUT2D eigenvalue weighted by Gasteiger charge is 2.20. The third-order valence-electron chi connectivity index (χ3n) is 4.08. The Bertz CT molecular complexity index is 1080. The summed E-state index contributed by atoms with van der Waals surface area (Å²) in [5.41, 5.74) is 1.71. The fourth-order valence-electron chi connectivity index (χ4n) is 2.44. The van der Waals surface area contributed by atoms with Gasteiger partial charge in [-0.1, -0.05) is 41.6 Å². The average molecular weight is 449 g/mol. The van der Waals surface area contributed by atoms with E-state index in [1.165, 1.54) is 31.5 Å². The van der Waals surface area contributed by atoms with Crippen molar-refractivity contribution in [2.24, 2.45) is 0 Å². The molecule has 0 saturated heterocycles. The van der Waals surface area contributed by atoms with Gasteiger partial charge >= 0.3 is 5.97 Å². The van der Waals surface area contributed by atoms with E-state index in [9.17, 15) is 14.0 Å². The summed E-state index contributed by atoms with van der Waals surface area (Å²) < 4.78 is 20.5. The van der Waals surface area contributed by atoms with Gasteiger partial charge in [0.2, 0.25) is 0 Å². The van der Waals surface area contributed by atoms with Crippen LogP contribution >= 0.6 is 23.4 Å². The van der Waals surface area contributed by atoms with Gasteiger partial charge in [0.25, 0.3) is 5.91 Å². The van der Waals surface area contributed by atoms with Crippen molar-refractivity contribution in [2.45, 2.75) is 25.1 Å². The number of nitrogens with zero attached hydrogens (tertiary/aromatic N) is 3. The first-order chi connectivity index (χ1) is 14.3. The van der Waals surface area contributed by atoms with Crippen LogP contribution in [0.5, 0.6) is 0 Å². The van der Waals surface area contributed by atoms with E-state index in [2.05, 4.69) is 15.5 Å². The molecule has 0 bridgehead atoms. The molecule has 0 radical (unpaired) electrons. The van der Waals surface area contributed by atoms with Crippen molar-refractivity contribution in [3.8, 4) is 5.69 Å². The first-order valence-corrected chi connectivity index (χ1v) is 10.3. The molecule has 1 unspecified atom stereocenters. The Balaban J connectivity index is 1.56. The average Bonchev–Trinajstić information content (AvgIpc) is 3.18. The minimum Gasteiger partial charge on any atom is -0.452 e. The van der Waals surface area contributed by atoms with Crippen molar-refractivity contribution in [2.75, 3.05) is 11.1 Å². The summed E-state index contributed by atoms with van der Waals surface area (Å²) in [5, 5.41) is 11.3. The van der Waals surface area contributed by atoms with Gasteiger partial charge in [0.05, 0.1) is 17.1 Å². The molecule has 2 aromatic carbocycles. The van der Waals surface area contributed by atoms with Gasteiger partial charge in [0.1, 0.15) is 12.1 Å². The van der Waals surface area contributed by atoms with E-state index in [4.69, 9.17) is 16.3 Å². The summed E-state index contributed by atoms with van der Waals surface area (Å²) >= 11 is 7.28. The van der Waals surface area contributed by atoms with Crippen LogP contribution in [0.15, 0.2) is 53.9 Å². The number of carbonyl (C=O) groups is 2. The van der Waals surface area contributed by atoms with Gasteiger partial charge in [-0.15, -0.1) is 10.2 Å². The van der Waals surface area contributed by atoms with Gasteiger partial charge in [-0.05, 0) is 43.7 Å². The van der Waals surface area contributed by atoms with E-state index < -0.39 is 23.8 Å². The van der Waals surface area contributed by atoms with Crippen LogP contribution in [0.2, 0.25) is 5.02 Å². The lowest BCUT2D eigenvalue weighted by Crippen LogP contribution is -2.30. The molecule has 0 aliphatic heterocycles. The Morgan fingerprint density at radius 3 is 2.80 bits per heavy atom. The van der Waals surface area contributed by atoms with Gasteiger partial charge in [-0.3, -0.25) is 14.2 Å². The first-order valence-electron chi connectivity index (χ1n) is 8.89. The summed E-state index contributed by atoms with van der Waals surface area (Å²) in [6, 6.07) is 11.2. The highest BCUT2D eigenvalue weighted by Crippen LogP contribution is 2.24. The van der Waals surface area contributed by atoms with E-state index in [1.807, 2.05) is 19.1 Å². The predicted molar refractivity (Wildman–Crippen MR) is 112 cm³/mol. The molecule has 1 amide bonds. The highest BCUT2D eigenvalue weighted by molar-refractivity contribution is 7.99. The largest absolute Gasteiger partial charge is 0.452 e. The number of aryl methyl sites for hydroxylation is 1. The smallest absolute Gasteiger partial charge is 0.317 e. The summed E-state index contributed by atoms with van der Waals surface area (Å²) in [5.74, 6) is -1.91. The summed E-state index contributed by atoms with van der Waals surface area (Å²) in [6.07, 6.45) is 0.422. The van der Waals surface area contributed by atoms with Crippen molar-refractivity contribution in [1.82, 2.24) is 14.8 Å². The number of halogens is 2. The van der Waals surface area contributed by atoms with Crippen molar-refractivity contribution in [3.05, 3.63) is 65.2 Å². The Morgan fingerprint density at radius 2 is 2.07 bits per heavy atom. The number of nitrogens with one attached hydrogen (secondary N) is 1. The van der Waals surface area contributed by atoms with Crippen LogP contribution in [0.3, 0.4) is 0 Å². The number of ether oxygens (including phenoxy) is 1. The van der Waals surface area contributed by atoms with Gasteiger partial charge in [-0.2, -0.15) is 0 Å². The van der Waals surface area contributed by atoms with Gasteiger partial charge in [-0.25, -0.2) is 4.39 Å². The molecule has 0 aliphatic rings. The number of hydrogen-bond donors (Lipinski definition) is 1. The SMILES string of the molecule is Cc1ccc(-n2cnnc2SCC(=O)OC(C)C(=O)Nc2ccccc2F)cc1Cl. The summed E-state index contributed by atoms with van der Waals surface area (Å²) in [6.45, 7) is 3.31. The third-order valence-corrected chi connectivity index (χ3v) is 5.40. The van der Waals surface area contributed by atoms with E-state index in [0.717, 1.165) is 23.0 Å². The van der Waals surface area contributed by atoms with Crippen LogP contribution in [-0.4, -0.2) is 38.5 Å². The fraction of sp³-hybridized carbons (Fsp3) is 0.200. The lowest BCUT2D eigenvalue weighted by Gasteiger charge is -2.14. The molecule has 0 fully saturated rings. The Morgan fingerprint density at radius 1 is 1.30 bits per heavy atom. The van der Waals surface area contributed by atoms with Crippen LogP contribution in [-0.2, 0) is 14.3 Å². The molecule has 3 rings (SSSR count). The van der Waals surface area contributed by atoms with Crippen LogP contribution < -0.4 is 5.32 Å². The zero-order valence-corrected chi connectivity index (χ0v) is 17.7. The molecule has 7 nitrogen and oxygen atoms in total. The van der Waals surface area contributed by atoms with Gasteiger partial charge in [0, 0.05) is 5.02 Å². The molecule has 156 valence electrons. The normalized spacial score (nSPS) is 11.7. The third kappa shape index (κ3) is 5.37. The minimum atomic E-state index is -1.09. The maximum absolute atomic E-state index is 13.6. The molecule has 0 aliphatic carbocycles. The van der Waals surface area contributed by atoms with Crippen LogP contribution in [0.1, 0.15) is 12.5 Å². The zero-order chi connectivity index (χ0) is 21.7.